The minimum absolute atomic E-state index is 0.319. The first kappa shape index (κ1) is 14.4. The van der Waals surface area contributed by atoms with E-state index in [9.17, 15) is 0 Å². The van der Waals surface area contributed by atoms with E-state index in [-0.39, 0.29) is 0 Å². The molecule has 0 N–H and O–H groups in total. The molecule has 2 aromatic rings. The highest BCUT2D eigenvalue weighted by atomic mass is 32.2. The third-order valence-electron chi connectivity index (χ3n) is 3.00. The lowest BCUT2D eigenvalue weighted by Crippen LogP contribution is -2.12. The number of hydrogen-bond acceptors (Lipinski definition) is 3. The number of thiol groups is 1. The van der Waals surface area contributed by atoms with E-state index >= 15 is 0 Å². The topological polar surface area (TPSA) is 9.23 Å². The number of ether oxygens (including phenoxy) is 1. The average Bonchev–Trinajstić information content (AvgIpc) is 2.49. The van der Waals surface area contributed by atoms with Gasteiger partial charge in [0.1, 0.15) is 5.75 Å². The van der Waals surface area contributed by atoms with E-state index in [0.717, 1.165) is 11.5 Å². The molecule has 1 unspecified atom stereocenters. The smallest absolute Gasteiger partial charge is 0.132 e. The van der Waals surface area contributed by atoms with Crippen LogP contribution in [0.4, 0.5) is 0 Å². The summed E-state index contributed by atoms with van der Waals surface area (Å²) in [7, 11) is 0. The van der Waals surface area contributed by atoms with Gasteiger partial charge in [-0.3, -0.25) is 0 Å². The molecule has 0 radical (unpaired) electrons. The van der Waals surface area contributed by atoms with Gasteiger partial charge in [-0.05, 0) is 24.0 Å². The maximum Gasteiger partial charge on any atom is 0.132 e. The molecule has 3 heteroatoms. The van der Waals surface area contributed by atoms with Gasteiger partial charge in [0, 0.05) is 16.6 Å². The lowest BCUT2D eigenvalue weighted by atomic mass is 10.0. The van der Waals surface area contributed by atoms with E-state index in [1.807, 2.05) is 24.3 Å². The number of benzene rings is 2. The number of hydrogen-bond donors (Lipinski definition) is 1. The van der Waals surface area contributed by atoms with Crippen LogP contribution in [0, 0.1) is 0 Å². The van der Waals surface area contributed by atoms with Crippen molar-refractivity contribution >= 4 is 24.4 Å². The van der Waals surface area contributed by atoms with E-state index in [0.29, 0.717) is 12.5 Å². The van der Waals surface area contributed by atoms with Gasteiger partial charge < -0.3 is 4.74 Å². The van der Waals surface area contributed by atoms with Crippen LogP contribution < -0.4 is 4.74 Å². The van der Waals surface area contributed by atoms with Crippen molar-refractivity contribution in [3.05, 3.63) is 60.2 Å². The predicted molar refractivity (Wildman–Crippen MR) is 86.8 cm³/mol. The molecule has 0 aliphatic rings. The first-order chi connectivity index (χ1) is 9.35. The molecule has 100 valence electrons. The van der Waals surface area contributed by atoms with Crippen LogP contribution in [-0.4, -0.2) is 18.6 Å². The van der Waals surface area contributed by atoms with Gasteiger partial charge in [-0.2, -0.15) is 12.6 Å². The quantitative estimate of drug-likeness (QED) is 0.619. The zero-order valence-electron chi connectivity index (χ0n) is 11.0. The Morgan fingerprint density at radius 3 is 2.42 bits per heavy atom. The van der Waals surface area contributed by atoms with Crippen LogP contribution in [0.25, 0.3) is 0 Å². The van der Waals surface area contributed by atoms with Crippen LogP contribution >= 0.6 is 24.4 Å². The summed E-state index contributed by atoms with van der Waals surface area (Å²) in [4.78, 5) is 1.17. The maximum atomic E-state index is 5.97. The molecule has 19 heavy (non-hydrogen) atoms. The second-order valence-corrected chi connectivity index (χ2v) is 5.47. The van der Waals surface area contributed by atoms with E-state index in [4.69, 9.17) is 4.74 Å². The molecular formula is C16H18OS2. The van der Waals surface area contributed by atoms with E-state index in [2.05, 4.69) is 49.2 Å². The molecule has 2 rings (SSSR count). The highest BCUT2D eigenvalue weighted by Crippen LogP contribution is 2.28. The maximum absolute atomic E-state index is 5.97. The molecule has 0 spiro atoms. The van der Waals surface area contributed by atoms with E-state index < -0.39 is 0 Å². The van der Waals surface area contributed by atoms with Crippen LogP contribution in [0.5, 0.6) is 5.75 Å². The van der Waals surface area contributed by atoms with Crippen molar-refractivity contribution in [2.45, 2.75) is 10.8 Å². The molecule has 0 aliphatic carbocycles. The molecule has 0 bridgehead atoms. The Balaban J connectivity index is 2.04. The fourth-order valence-electron chi connectivity index (χ4n) is 1.91. The van der Waals surface area contributed by atoms with Crippen LogP contribution in [0.1, 0.15) is 11.5 Å². The van der Waals surface area contributed by atoms with Gasteiger partial charge in [0.15, 0.2) is 0 Å². The molecule has 0 amide bonds. The average molecular weight is 290 g/mol. The van der Waals surface area contributed by atoms with Crippen molar-refractivity contribution < 1.29 is 4.74 Å². The Labute approximate surface area is 124 Å². The third kappa shape index (κ3) is 3.95. The normalized spacial score (nSPS) is 12.1. The Hall–Kier alpha value is -1.06. The molecule has 0 fully saturated rings. The van der Waals surface area contributed by atoms with Gasteiger partial charge in [-0.15, -0.1) is 11.8 Å². The van der Waals surface area contributed by atoms with E-state index in [1.165, 1.54) is 10.5 Å². The molecule has 0 aliphatic heterocycles. The zero-order valence-corrected chi connectivity index (χ0v) is 12.7. The lowest BCUT2D eigenvalue weighted by molar-refractivity contribution is 0.291. The Morgan fingerprint density at radius 2 is 1.74 bits per heavy atom. The van der Waals surface area contributed by atoms with Crippen molar-refractivity contribution in [1.82, 2.24) is 0 Å². The molecule has 0 saturated carbocycles. The minimum Gasteiger partial charge on any atom is -0.492 e. The molecule has 0 heterocycles. The van der Waals surface area contributed by atoms with E-state index in [1.54, 1.807) is 11.8 Å². The Kier molecular flexibility index (Phi) is 5.67. The minimum atomic E-state index is 0.319. The summed E-state index contributed by atoms with van der Waals surface area (Å²) >= 11 is 6.14. The van der Waals surface area contributed by atoms with Gasteiger partial charge >= 0.3 is 0 Å². The predicted octanol–water partition coefficient (Wildman–Crippen LogP) is 4.50. The summed E-state index contributed by atoms with van der Waals surface area (Å²) in [6, 6.07) is 18.5. The Morgan fingerprint density at radius 1 is 1.05 bits per heavy atom. The lowest BCUT2D eigenvalue weighted by Gasteiger charge is -2.17. The van der Waals surface area contributed by atoms with Crippen LogP contribution in [0.15, 0.2) is 59.5 Å². The highest BCUT2D eigenvalue weighted by molar-refractivity contribution is 7.98. The molecule has 2 aromatic carbocycles. The summed E-state index contributed by atoms with van der Waals surface area (Å²) in [5.74, 6) is 2.06. The van der Waals surface area contributed by atoms with Crippen LogP contribution in [0.2, 0.25) is 0 Å². The summed E-state index contributed by atoms with van der Waals surface area (Å²) in [6.45, 7) is 0.658. The Bertz CT molecular complexity index is 499. The first-order valence-corrected chi connectivity index (χ1v) is 8.12. The summed E-state index contributed by atoms with van der Waals surface area (Å²) in [5.41, 5.74) is 1.28. The number of thioether (sulfide) groups is 1. The molecule has 1 nitrogen and oxygen atoms in total. The summed E-state index contributed by atoms with van der Waals surface area (Å²) < 4.78 is 5.97. The first-order valence-electron chi connectivity index (χ1n) is 6.26. The second-order valence-electron chi connectivity index (χ2n) is 4.25. The van der Waals surface area contributed by atoms with Gasteiger partial charge in [0.05, 0.1) is 6.61 Å². The third-order valence-corrected chi connectivity index (χ3v) is 4.22. The monoisotopic (exact) mass is 290 g/mol. The van der Waals surface area contributed by atoms with Crippen LogP contribution in [-0.2, 0) is 0 Å². The van der Waals surface area contributed by atoms with Gasteiger partial charge in [0.2, 0.25) is 0 Å². The number of para-hydroxylation sites is 1. The van der Waals surface area contributed by atoms with Gasteiger partial charge in [-0.1, -0.05) is 42.5 Å². The molecule has 0 aromatic heterocycles. The van der Waals surface area contributed by atoms with Crippen molar-refractivity contribution in [3.63, 3.8) is 0 Å². The standard InChI is InChI=1S/C16H18OS2/c1-19-16-10-6-5-9-15(16)17-11-14(12-18)13-7-3-2-4-8-13/h2-10,14,18H,11-12H2,1H3. The highest BCUT2D eigenvalue weighted by Gasteiger charge is 2.11. The SMILES string of the molecule is CSc1ccccc1OCC(CS)c1ccccc1. The van der Waals surface area contributed by atoms with Gasteiger partial charge in [0.25, 0.3) is 0 Å². The molecule has 0 saturated heterocycles. The number of rotatable bonds is 6. The fourth-order valence-corrected chi connectivity index (χ4v) is 2.77. The van der Waals surface area contributed by atoms with Crippen molar-refractivity contribution in [1.29, 1.82) is 0 Å². The van der Waals surface area contributed by atoms with Crippen molar-refractivity contribution in [3.8, 4) is 5.75 Å². The van der Waals surface area contributed by atoms with Gasteiger partial charge in [-0.25, -0.2) is 0 Å². The largest absolute Gasteiger partial charge is 0.492 e. The molecule has 1 atom stereocenters. The second kappa shape index (κ2) is 7.51. The van der Waals surface area contributed by atoms with Crippen LogP contribution in [0.3, 0.4) is 0 Å². The molecular weight excluding hydrogens is 272 g/mol. The van der Waals surface area contributed by atoms with Crippen molar-refractivity contribution in [2.75, 3.05) is 18.6 Å². The zero-order chi connectivity index (χ0) is 13.5. The fraction of sp³-hybridized carbons (Fsp3) is 0.250. The summed E-state index contributed by atoms with van der Waals surface area (Å²) in [5, 5.41) is 0. The van der Waals surface area contributed by atoms with Crippen molar-refractivity contribution in [2.24, 2.45) is 0 Å². The summed E-state index contributed by atoms with van der Waals surface area (Å²) in [6.07, 6.45) is 2.06.